The lowest BCUT2D eigenvalue weighted by atomic mass is 9.72. The van der Waals surface area contributed by atoms with Crippen molar-refractivity contribution in [3.05, 3.63) is 46.8 Å². The van der Waals surface area contributed by atoms with Crippen LogP contribution in [-0.2, 0) is 32.8 Å². The van der Waals surface area contributed by atoms with Gasteiger partial charge in [0.05, 0.1) is 30.1 Å². The minimum Gasteiger partial charge on any atom is -0.326 e. The van der Waals surface area contributed by atoms with Crippen molar-refractivity contribution in [3.8, 4) is 6.07 Å². The normalized spacial score (nSPS) is 18.2. The number of piperidine rings is 1. The van der Waals surface area contributed by atoms with E-state index in [1.165, 1.54) is 0 Å². The summed E-state index contributed by atoms with van der Waals surface area (Å²) in [4.78, 5) is 36.6. The Hall–Kier alpha value is -3.47. The summed E-state index contributed by atoms with van der Waals surface area (Å²) in [5.74, 6) is -0.592. The van der Waals surface area contributed by atoms with E-state index in [0.29, 0.717) is 50.8 Å². The molecule has 1 aromatic carbocycles. The van der Waals surface area contributed by atoms with Gasteiger partial charge in [0, 0.05) is 24.2 Å². The highest BCUT2D eigenvalue weighted by Crippen LogP contribution is 2.36. The summed E-state index contributed by atoms with van der Waals surface area (Å²) in [6.45, 7) is 6.37. The Morgan fingerprint density at radius 2 is 2.00 bits per heavy atom. The van der Waals surface area contributed by atoms with Crippen molar-refractivity contribution in [2.75, 3.05) is 5.32 Å². The van der Waals surface area contributed by atoms with E-state index in [2.05, 4.69) is 21.8 Å². The average Bonchev–Trinajstić information content (AvgIpc) is 3.04. The van der Waals surface area contributed by atoms with Gasteiger partial charge in [0.15, 0.2) is 0 Å². The molecule has 3 amide bonds. The van der Waals surface area contributed by atoms with Gasteiger partial charge in [-0.25, -0.2) is 0 Å². The number of aromatic nitrogens is 2. The molecule has 1 aliphatic heterocycles. The highest BCUT2D eigenvalue weighted by Gasteiger charge is 2.42. The van der Waals surface area contributed by atoms with E-state index in [1.807, 2.05) is 37.6 Å². The monoisotopic (exact) mass is 435 g/mol. The van der Waals surface area contributed by atoms with Crippen molar-refractivity contribution in [1.29, 1.82) is 5.26 Å². The van der Waals surface area contributed by atoms with Crippen molar-refractivity contribution in [2.24, 2.45) is 0 Å². The number of carbonyl (C=O) groups excluding carboxylic acids is 3. The van der Waals surface area contributed by atoms with Crippen molar-refractivity contribution < 1.29 is 14.4 Å². The molecule has 0 aliphatic carbocycles. The number of hydrogen-bond donors (Lipinski definition) is 2. The number of nitrogens with zero attached hydrogens (tertiary/aromatic N) is 3. The molecule has 8 nitrogen and oxygen atoms in total. The number of anilines is 1. The van der Waals surface area contributed by atoms with Crippen LogP contribution in [0.15, 0.2) is 24.3 Å². The van der Waals surface area contributed by atoms with Crippen LogP contribution >= 0.6 is 0 Å². The van der Waals surface area contributed by atoms with Crippen LogP contribution in [0.25, 0.3) is 0 Å². The summed E-state index contributed by atoms with van der Waals surface area (Å²) in [5, 5.41) is 18.6. The van der Waals surface area contributed by atoms with Crippen molar-refractivity contribution in [3.63, 3.8) is 0 Å². The third-order valence-electron chi connectivity index (χ3n) is 6.36. The first-order valence-corrected chi connectivity index (χ1v) is 10.9. The largest absolute Gasteiger partial charge is 0.326 e. The molecule has 1 saturated heterocycles. The lowest BCUT2D eigenvalue weighted by molar-refractivity contribution is -0.138. The zero-order valence-corrected chi connectivity index (χ0v) is 18.8. The lowest BCUT2D eigenvalue weighted by Gasteiger charge is -2.35. The highest BCUT2D eigenvalue weighted by molar-refractivity contribution is 6.03. The van der Waals surface area contributed by atoms with Crippen molar-refractivity contribution >= 4 is 23.4 Å². The predicted octanol–water partition coefficient (Wildman–Crippen LogP) is 3.07. The van der Waals surface area contributed by atoms with E-state index in [-0.39, 0.29) is 17.7 Å². The van der Waals surface area contributed by atoms with Gasteiger partial charge < -0.3 is 5.32 Å². The molecule has 0 spiro atoms. The number of nitriles is 1. The molecule has 0 bridgehead atoms. The molecule has 168 valence electrons. The second-order valence-corrected chi connectivity index (χ2v) is 8.22. The standard InChI is InChI=1S/C24H29N5O3/c1-4-24(13-12-22(31)27-23(24)32)18-6-8-19(9-7-18)26-21(30)11-10-20-16(2)28-29(17(20)3)15-5-14-25/h6-9H,4-5,10-13,15H2,1-3H3,(H,26,30)(H,27,31,32). The molecule has 1 aliphatic rings. The van der Waals surface area contributed by atoms with Gasteiger partial charge in [-0.3, -0.25) is 24.4 Å². The van der Waals surface area contributed by atoms with Crippen LogP contribution in [-0.4, -0.2) is 27.5 Å². The molecule has 1 aromatic heterocycles. The fourth-order valence-corrected chi connectivity index (χ4v) is 4.37. The summed E-state index contributed by atoms with van der Waals surface area (Å²) in [6.07, 6.45) is 2.69. The van der Waals surface area contributed by atoms with Crippen molar-refractivity contribution in [1.82, 2.24) is 15.1 Å². The quantitative estimate of drug-likeness (QED) is 0.618. The number of rotatable bonds is 8. The Kier molecular flexibility index (Phi) is 7.08. The first kappa shape index (κ1) is 23.2. The van der Waals surface area contributed by atoms with Gasteiger partial charge in [-0.05, 0) is 56.4 Å². The topological polar surface area (TPSA) is 117 Å². The van der Waals surface area contributed by atoms with E-state index in [9.17, 15) is 14.4 Å². The number of nitrogens with one attached hydrogen (secondary N) is 2. The molecule has 8 heteroatoms. The number of benzene rings is 1. The molecular weight excluding hydrogens is 406 g/mol. The number of amides is 3. The Morgan fingerprint density at radius 3 is 2.62 bits per heavy atom. The molecule has 2 heterocycles. The second kappa shape index (κ2) is 9.77. The number of hydrogen-bond acceptors (Lipinski definition) is 5. The average molecular weight is 436 g/mol. The number of imide groups is 1. The molecule has 3 rings (SSSR count). The summed E-state index contributed by atoms with van der Waals surface area (Å²) in [5.41, 5.74) is 3.71. The smallest absolute Gasteiger partial charge is 0.237 e. The summed E-state index contributed by atoms with van der Waals surface area (Å²) >= 11 is 0. The Bertz CT molecular complexity index is 1060. The van der Waals surface area contributed by atoms with Crippen LogP contribution in [0, 0.1) is 25.2 Å². The SMILES string of the molecule is CCC1(c2ccc(NC(=O)CCc3c(C)nn(CCC#N)c3C)cc2)CCC(=O)NC1=O. The van der Waals surface area contributed by atoms with Crippen LogP contribution < -0.4 is 10.6 Å². The molecule has 2 N–H and O–H groups in total. The van der Waals surface area contributed by atoms with Crippen LogP contribution in [0.5, 0.6) is 0 Å². The van der Waals surface area contributed by atoms with E-state index in [0.717, 1.165) is 22.5 Å². The first-order valence-electron chi connectivity index (χ1n) is 10.9. The van der Waals surface area contributed by atoms with Gasteiger partial charge in [-0.15, -0.1) is 0 Å². The molecule has 1 unspecified atom stereocenters. The van der Waals surface area contributed by atoms with Gasteiger partial charge in [-0.2, -0.15) is 10.4 Å². The lowest BCUT2D eigenvalue weighted by Crippen LogP contribution is -2.51. The molecule has 0 radical (unpaired) electrons. The zero-order chi connectivity index (χ0) is 23.3. The third kappa shape index (κ3) is 4.72. The summed E-state index contributed by atoms with van der Waals surface area (Å²) < 4.78 is 1.82. The van der Waals surface area contributed by atoms with E-state index >= 15 is 0 Å². The van der Waals surface area contributed by atoms with E-state index in [4.69, 9.17) is 5.26 Å². The Labute approximate surface area is 188 Å². The van der Waals surface area contributed by atoms with Gasteiger partial charge in [0.25, 0.3) is 0 Å². The number of carbonyl (C=O) groups is 3. The second-order valence-electron chi connectivity index (χ2n) is 8.22. The van der Waals surface area contributed by atoms with Gasteiger partial charge in [0.1, 0.15) is 0 Å². The van der Waals surface area contributed by atoms with Crippen LogP contribution in [0.4, 0.5) is 5.69 Å². The van der Waals surface area contributed by atoms with E-state index < -0.39 is 5.41 Å². The molecule has 1 atom stereocenters. The molecule has 0 saturated carbocycles. The van der Waals surface area contributed by atoms with Crippen molar-refractivity contribution in [2.45, 2.75) is 71.3 Å². The van der Waals surface area contributed by atoms with Gasteiger partial charge in [-0.1, -0.05) is 19.1 Å². The third-order valence-corrected chi connectivity index (χ3v) is 6.36. The zero-order valence-electron chi connectivity index (χ0n) is 18.8. The summed E-state index contributed by atoms with van der Waals surface area (Å²) in [6, 6.07) is 9.41. The van der Waals surface area contributed by atoms with Crippen LogP contribution in [0.2, 0.25) is 0 Å². The van der Waals surface area contributed by atoms with Crippen LogP contribution in [0.1, 0.15) is 61.5 Å². The molecule has 1 fully saturated rings. The maximum Gasteiger partial charge on any atom is 0.237 e. The number of aryl methyl sites for hydroxylation is 2. The first-order chi connectivity index (χ1) is 15.3. The Morgan fingerprint density at radius 1 is 1.28 bits per heavy atom. The fraction of sp³-hybridized carbons (Fsp3) is 0.458. The highest BCUT2D eigenvalue weighted by atomic mass is 16.2. The van der Waals surface area contributed by atoms with E-state index in [1.54, 1.807) is 12.1 Å². The summed E-state index contributed by atoms with van der Waals surface area (Å²) in [7, 11) is 0. The molecular formula is C24H29N5O3. The minimum absolute atomic E-state index is 0.104. The van der Waals surface area contributed by atoms with Gasteiger partial charge in [0.2, 0.25) is 17.7 Å². The fourth-order valence-electron chi connectivity index (χ4n) is 4.37. The van der Waals surface area contributed by atoms with Crippen LogP contribution in [0.3, 0.4) is 0 Å². The maximum atomic E-state index is 12.5. The van der Waals surface area contributed by atoms with Gasteiger partial charge >= 0.3 is 0 Å². The molecule has 32 heavy (non-hydrogen) atoms. The Balaban J connectivity index is 1.62. The molecule has 2 aromatic rings. The predicted molar refractivity (Wildman–Crippen MR) is 120 cm³/mol. The minimum atomic E-state index is -0.711. The maximum absolute atomic E-state index is 12.5.